The molecule has 0 bridgehead atoms. The van der Waals surface area contributed by atoms with Gasteiger partial charge in [-0.15, -0.1) is 4.80 Å². The topological polar surface area (TPSA) is 140 Å². The molecule has 1 aliphatic rings. The van der Waals surface area contributed by atoms with E-state index in [2.05, 4.69) is 32.8 Å². The van der Waals surface area contributed by atoms with Crippen molar-refractivity contribution in [3.8, 4) is 10.8 Å². The molecule has 1 N–H and O–H groups in total. The predicted molar refractivity (Wildman–Crippen MR) is 170 cm³/mol. The minimum Gasteiger partial charge on any atom is -0.492 e. The average molecular weight is 724 g/mol. The fourth-order valence-electron chi connectivity index (χ4n) is 5.10. The van der Waals surface area contributed by atoms with Crippen LogP contribution in [0.15, 0.2) is 46.2 Å². The van der Waals surface area contributed by atoms with Gasteiger partial charge in [0.15, 0.2) is 0 Å². The molecule has 12 nitrogen and oxygen atoms in total. The van der Waals surface area contributed by atoms with E-state index in [0.29, 0.717) is 53.8 Å². The monoisotopic (exact) mass is 723 g/mol. The molecule has 1 saturated heterocycles. The number of ether oxygens (including phenoxy) is 3. The van der Waals surface area contributed by atoms with Crippen LogP contribution in [-0.4, -0.2) is 65.1 Å². The molecule has 0 aliphatic carbocycles. The first-order chi connectivity index (χ1) is 20.5. The number of aryl methyl sites for hydroxylation is 1. The molecule has 0 spiro atoms. The first-order valence-electron chi connectivity index (χ1n) is 14.0. The first kappa shape index (κ1) is 31.3. The summed E-state index contributed by atoms with van der Waals surface area (Å²) in [5.41, 5.74) is -1.95. The number of alkyl halides is 1. The van der Waals surface area contributed by atoms with Gasteiger partial charge >= 0.3 is 11.7 Å². The summed E-state index contributed by atoms with van der Waals surface area (Å²) in [7, 11) is 0. The summed E-state index contributed by atoms with van der Waals surface area (Å²) in [5.74, 6) is -0.670. The van der Waals surface area contributed by atoms with E-state index in [-0.39, 0.29) is 22.0 Å². The lowest BCUT2D eigenvalue weighted by Crippen LogP contribution is -2.52. The third-order valence-electron chi connectivity index (χ3n) is 7.48. The molecule has 4 aromatic rings. The zero-order valence-corrected chi connectivity index (χ0v) is 27.3. The van der Waals surface area contributed by atoms with Crippen LogP contribution < -0.4 is 16.0 Å². The number of aliphatic carboxylic acids is 1. The molecule has 5 rings (SSSR count). The van der Waals surface area contributed by atoms with E-state index in [1.165, 1.54) is 46.9 Å². The molecule has 4 heterocycles. The summed E-state index contributed by atoms with van der Waals surface area (Å²) < 4.78 is 20.9. The molecule has 0 amide bonds. The number of benzene rings is 1. The maximum atomic E-state index is 14.2. The van der Waals surface area contributed by atoms with E-state index >= 15 is 0 Å². The van der Waals surface area contributed by atoms with E-state index in [1.807, 2.05) is 31.2 Å². The number of fused-ring (bicyclic) bond motifs is 1. The summed E-state index contributed by atoms with van der Waals surface area (Å²) in [5, 5.41) is 19.3. The van der Waals surface area contributed by atoms with Crippen LogP contribution in [0.2, 0.25) is 0 Å². The number of carboxylic acid groups (broad SMARTS) is 1. The fourth-order valence-corrected chi connectivity index (χ4v) is 6.50. The summed E-state index contributed by atoms with van der Waals surface area (Å²) in [6, 6.07) is 7.56. The zero-order chi connectivity index (χ0) is 30.9. The van der Waals surface area contributed by atoms with Gasteiger partial charge in [0.25, 0.3) is 5.56 Å². The van der Waals surface area contributed by atoms with Gasteiger partial charge in [0, 0.05) is 28.3 Å². The lowest BCUT2D eigenvalue weighted by Gasteiger charge is -2.30. The van der Waals surface area contributed by atoms with Crippen LogP contribution >= 0.6 is 33.9 Å². The number of thiophene rings is 1. The molecule has 43 heavy (non-hydrogen) atoms. The molecule has 0 radical (unpaired) electrons. The average Bonchev–Trinajstić information content (AvgIpc) is 3.62. The quantitative estimate of drug-likeness (QED) is 0.179. The van der Waals surface area contributed by atoms with Crippen LogP contribution in [0.4, 0.5) is 0 Å². The standard InChI is InChI=1S/C29H34IN5O7S/c1-17(30)16-41-21-8-6-5-7-20(21)22(42-19-9-13-40-14-10-19)15-33-26-23(18(2)25(43-26)35-31-11-12-32-35)24(36)34(28(33)39)29(3,4)27(37)38/h5-8,11-12,17,19,22H,9-10,13-16H2,1-4H3,(H,37,38)/t17?,22-/m0/s1. The third kappa shape index (κ3) is 6.28. The second-order valence-corrected chi connectivity index (χ2v) is 14.1. The van der Waals surface area contributed by atoms with Gasteiger partial charge < -0.3 is 19.3 Å². The van der Waals surface area contributed by atoms with Crippen molar-refractivity contribution >= 4 is 50.1 Å². The van der Waals surface area contributed by atoms with Crippen LogP contribution in [0.25, 0.3) is 15.2 Å². The van der Waals surface area contributed by atoms with Crippen molar-refractivity contribution in [3.63, 3.8) is 0 Å². The fraction of sp³-hybridized carbons (Fsp3) is 0.483. The van der Waals surface area contributed by atoms with Gasteiger partial charge in [-0.25, -0.2) is 14.2 Å². The number of nitrogens with zero attached hydrogens (tertiary/aromatic N) is 5. The molecule has 1 fully saturated rings. The molecule has 0 saturated carbocycles. The number of hydrogen-bond acceptors (Lipinski definition) is 9. The van der Waals surface area contributed by atoms with E-state index in [9.17, 15) is 19.5 Å². The Hall–Kier alpha value is -3.08. The van der Waals surface area contributed by atoms with Gasteiger partial charge in [-0.3, -0.25) is 9.36 Å². The summed E-state index contributed by atoms with van der Waals surface area (Å²) in [6.07, 6.45) is 3.64. The van der Waals surface area contributed by atoms with Crippen molar-refractivity contribution < 1.29 is 24.1 Å². The van der Waals surface area contributed by atoms with Gasteiger partial charge in [-0.1, -0.05) is 59.1 Å². The molecular formula is C29H34IN5O7S. The van der Waals surface area contributed by atoms with E-state index < -0.39 is 28.9 Å². The number of rotatable bonds is 11. The largest absolute Gasteiger partial charge is 0.492 e. The lowest BCUT2D eigenvalue weighted by molar-refractivity contribution is -0.146. The van der Waals surface area contributed by atoms with Gasteiger partial charge in [-0.2, -0.15) is 10.2 Å². The maximum Gasteiger partial charge on any atom is 0.333 e. The number of hydrogen-bond donors (Lipinski definition) is 1. The Morgan fingerprint density at radius 1 is 1.21 bits per heavy atom. The Morgan fingerprint density at radius 2 is 1.88 bits per heavy atom. The minimum absolute atomic E-state index is 0.00869. The van der Waals surface area contributed by atoms with Gasteiger partial charge in [0.05, 0.1) is 37.0 Å². The highest BCUT2D eigenvalue weighted by Gasteiger charge is 2.36. The highest BCUT2D eigenvalue weighted by atomic mass is 127. The Balaban J connectivity index is 1.73. The van der Waals surface area contributed by atoms with Gasteiger partial charge in [-0.05, 0) is 39.7 Å². The van der Waals surface area contributed by atoms with E-state index in [1.54, 1.807) is 6.92 Å². The van der Waals surface area contributed by atoms with Crippen molar-refractivity contribution in [1.82, 2.24) is 24.1 Å². The minimum atomic E-state index is -1.82. The van der Waals surface area contributed by atoms with Crippen LogP contribution in [0.3, 0.4) is 0 Å². The summed E-state index contributed by atoms with van der Waals surface area (Å²) in [6.45, 7) is 8.10. The van der Waals surface area contributed by atoms with E-state index in [4.69, 9.17) is 14.2 Å². The number of halogens is 1. The smallest absolute Gasteiger partial charge is 0.333 e. The molecular weight excluding hydrogens is 689 g/mol. The number of aromatic nitrogens is 5. The van der Waals surface area contributed by atoms with E-state index in [0.717, 1.165) is 10.1 Å². The van der Waals surface area contributed by atoms with Crippen molar-refractivity contribution in [3.05, 3.63) is 68.6 Å². The second-order valence-electron chi connectivity index (χ2n) is 11.0. The maximum absolute atomic E-state index is 14.2. The normalized spacial score (nSPS) is 15.9. The highest BCUT2D eigenvalue weighted by molar-refractivity contribution is 14.1. The van der Waals surface area contributed by atoms with Gasteiger partial charge in [0.1, 0.15) is 27.2 Å². The Kier molecular flexibility index (Phi) is 9.39. The second kappa shape index (κ2) is 12.9. The SMILES string of the molecule is Cc1c(-n2nccn2)sc2c1c(=O)n(C(C)(C)C(=O)O)c(=O)n2C[C@H](OC1CCOCC1)c1ccccc1OCC(C)I. The first-order valence-corrected chi connectivity index (χ1v) is 16.1. The molecule has 1 aliphatic heterocycles. The lowest BCUT2D eigenvalue weighted by atomic mass is 10.0. The van der Waals surface area contributed by atoms with Crippen LogP contribution in [0.1, 0.15) is 50.8 Å². The number of carbonyl (C=O) groups is 1. The molecule has 1 unspecified atom stereocenters. The Labute approximate surface area is 265 Å². The molecule has 230 valence electrons. The zero-order valence-electron chi connectivity index (χ0n) is 24.4. The highest BCUT2D eigenvalue weighted by Crippen LogP contribution is 2.35. The molecule has 2 atom stereocenters. The van der Waals surface area contributed by atoms with Crippen LogP contribution in [0, 0.1) is 6.92 Å². The predicted octanol–water partition coefficient (Wildman–Crippen LogP) is 4.07. The number of para-hydroxylation sites is 1. The molecule has 3 aromatic heterocycles. The number of carboxylic acids is 1. The van der Waals surface area contributed by atoms with Crippen LogP contribution in [-0.2, 0) is 26.4 Å². The summed E-state index contributed by atoms with van der Waals surface area (Å²) >= 11 is 3.50. The molecule has 14 heteroatoms. The van der Waals surface area contributed by atoms with Gasteiger partial charge in [0.2, 0.25) is 0 Å². The Morgan fingerprint density at radius 3 is 2.53 bits per heavy atom. The van der Waals surface area contributed by atoms with Crippen molar-refractivity contribution in [2.24, 2.45) is 0 Å². The molecule has 1 aromatic carbocycles. The van der Waals surface area contributed by atoms with Crippen molar-refractivity contribution in [2.75, 3.05) is 19.8 Å². The summed E-state index contributed by atoms with van der Waals surface area (Å²) in [4.78, 5) is 42.3. The van der Waals surface area contributed by atoms with Crippen molar-refractivity contribution in [1.29, 1.82) is 0 Å². The Bertz CT molecular complexity index is 1720. The van der Waals surface area contributed by atoms with Crippen LogP contribution in [0.5, 0.6) is 5.75 Å². The van der Waals surface area contributed by atoms with Crippen molar-refractivity contribution in [2.45, 2.75) is 68.8 Å². The third-order valence-corrected chi connectivity index (χ3v) is 9.12.